The molecule has 3 heteroatoms. The highest BCUT2D eigenvalue weighted by Gasteiger charge is 2.11. The van der Waals surface area contributed by atoms with Gasteiger partial charge in [0, 0.05) is 18.3 Å². The van der Waals surface area contributed by atoms with Gasteiger partial charge in [0.15, 0.2) is 0 Å². The van der Waals surface area contributed by atoms with Crippen LogP contribution in [0.1, 0.15) is 32.4 Å². The Bertz CT molecular complexity index is 321. The third-order valence-corrected chi connectivity index (χ3v) is 2.98. The predicted octanol–water partition coefficient (Wildman–Crippen LogP) is 2.69. The monoisotopic (exact) mass is 236 g/mol. The highest BCUT2D eigenvalue weighted by molar-refractivity contribution is 5.39. The first kappa shape index (κ1) is 14.0. The van der Waals surface area contributed by atoms with Crippen LogP contribution < -0.4 is 5.73 Å². The minimum atomic E-state index is 0.301. The number of anilines is 1. The second-order valence-electron chi connectivity index (χ2n) is 4.74. The molecule has 96 valence electrons. The maximum atomic E-state index is 5.68. The van der Waals surface area contributed by atoms with Crippen molar-refractivity contribution in [3.8, 4) is 0 Å². The van der Waals surface area contributed by atoms with E-state index in [1.807, 2.05) is 12.1 Å². The van der Waals surface area contributed by atoms with E-state index in [4.69, 9.17) is 10.5 Å². The molecule has 17 heavy (non-hydrogen) atoms. The van der Waals surface area contributed by atoms with Gasteiger partial charge in [-0.2, -0.15) is 0 Å². The lowest BCUT2D eigenvalue weighted by Crippen LogP contribution is -2.27. The average molecular weight is 236 g/mol. The first-order valence-electron chi connectivity index (χ1n) is 6.18. The molecule has 0 amide bonds. The molecule has 0 aromatic heterocycles. The zero-order valence-corrected chi connectivity index (χ0v) is 11.3. The second kappa shape index (κ2) is 6.62. The van der Waals surface area contributed by atoms with Crippen LogP contribution in [0.3, 0.4) is 0 Å². The maximum absolute atomic E-state index is 5.68. The number of rotatable bonds is 6. The summed E-state index contributed by atoms with van der Waals surface area (Å²) in [5, 5.41) is 0. The molecule has 1 atom stereocenters. The molecular weight excluding hydrogens is 212 g/mol. The van der Waals surface area contributed by atoms with Crippen LogP contribution in [0.25, 0.3) is 0 Å². The van der Waals surface area contributed by atoms with Crippen molar-refractivity contribution < 1.29 is 4.74 Å². The number of nitrogens with two attached hydrogens (primary N) is 1. The van der Waals surface area contributed by atoms with E-state index in [-0.39, 0.29) is 0 Å². The van der Waals surface area contributed by atoms with Gasteiger partial charge in [-0.15, -0.1) is 0 Å². The summed E-state index contributed by atoms with van der Waals surface area (Å²) in [7, 11) is 2.12. The van der Waals surface area contributed by atoms with Crippen molar-refractivity contribution in [2.24, 2.45) is 0 Å². The van der Waals surface area contributed by atoms with Gasteiger partial charge in [-0.25, -0.2) is 0 Å². The number of likely N-dealkylation sites (N-methyl/N-ethyl adjacent to an activating group) is 1. The van der Waals surface area contributed by atoms with Crippen LogP contribution in [-0.4, -0.2) is 31.2 Å². The molecule has 0 bridgehead atoms. The molecule has 0 aliphatic carbocycles. The van der Waals surface area contributed by atoms with Crippen molar-refractivity contribution in [2.75, 3.05) is 25.9 Å². The van der Waals surface area contributed by atoms with E-state index < -0.39 is 0 Å². The molecule has 0 fully saturated rings. The van der Waals surface area contributed by atoms with Gasteiger partial charge in [0.05, 0.1) is 12.7 Å². The fourth-order valence-electron chi connectivity index (χ4n) is 1.66. The fraction of sp³-hybridized carbons (Fsp3) is 0.571. The SMILES string of the molecule is CC(C)OCCN(C)C(C)c1ccc(N)cc1. The third kappa shape index (κ3) is 4.75. The van der Waals surface area contributed by atoms with Crippen LogP contribution >= 0.6 is 0 Å². The van der Waals surface area contributed by atoms with Gasteiger partial charge in [-0.3, -0.25) is 4.90 Å². The van der Waals surface area contributed by atoms with Crippen LogP contribution in [0, 0.1) is 0 Å². The summed E-state index contributed by atoms with van der Waals surface area (Å²) in [4.78, 5) is 2.29. The Balaban J connectivity index is 2.45. The van der Waals surface area contributed by atoms with Crippen LogP contribution in [0.15, 0.2) is 24.3 Å². The third-order valence-electron chi connectivity index (χ3n) is 2.98. The van der Waals surface area contributed by atoms with E-state index in [1.165, 1.54) is 5.56 Å². The van der Waals surface area contributed by atoms with E-state index in [0.29, 0.717) is 12.1 Å². The van der Waals surface area contributed by atoms with Gasteiger partial charge in [0.25, 0.3) is 0 Å². The standard InChI is InChI=1S/C14H24N2O/c1-11(2)17-10-9-16(4)12(3)13-5-7-14(15)8-6-13/h5-8,11-12H,9-10,15H2,1-4H3. The van der Waals surface area contributed by atoms with Crippen LogP contribution in [0.5, 0.6) is 0 Å². The molecule has 1 aromatic carbocycles. The van der Waals surface area contributed by atoms with Crippen molar-refractivity contribution in [1.29, 1.82) is 0 Å². The van der Waals surface area contributed by atoms with Crippen LogP contribution in [0.4, 0.5) is 5.69 Å². The Morgan fingerprint density at radius 3 is 2.29 bits per heavy atom. The molecule has 1 rings (SSSR count). The molecule has 0 aliphatic rings. The van der Waals surface area contributed by atoms with Crippen LogP contribution in [0.2, 0.25) is 0 Å². The summed E-state index contributed by atoms with van der Waals surface area (Å²) in [6, 6.07) is 8.44. The Hall–Kier alpha value is -1.06. The molecule has 0 saturated heterocycles. The van der Waals surface area contributed by atoms with E-state index in [0.717, 1.165) is 18.8 Å². The minimum Gasteiger partial charge on any atom is -0.399 e. The number of benzene rings is 1. The second-order valence-corrected chi connectivity index (χ2v) is 4.74. The topological polar surface area (TPSA) is 38.5 Å². The average Bonchev–Trinajstić information content (AvgIpc) is 2.28. The molecule has 0 radical (unpaired) electrons. The largest absolute Gasteiger partial charge is 0.399 e. The quantitative estimate of drug-likeness (QED) is 0.772. The van der Waals surface area contributed by atoms with Crippen molar-refractivity contribution in [3.05, 3.63) is 29.8 Å². The highest BCUT2D eigenvalue weighted by atomic mass is 16.5. The lowest BCUT2D eigenvalue weighted by Gasteiger charge is -2.25. The molecule has 2 N–H and O–H groups in total. The van der Waals surface area contributed by atoms with Crippen LogP contribution in [-0.2, 0) is 4.74 Å². The number of hydrogen-bond acceptors (Lipinski definition) is 3. The predicted molar refractivity (Wildman–Crippen MR) is 73.0 cm³/mol. The summed E-state index contributed by atoms with van der Waals surface area (Å²) in [5.74, 6) is 0. The summed E-state index contributed by atoms with van der Waals surface area (Å²) < 4.78 is 5.56. The summed E-state index contributed by atoms with van der Waals surface area (Å²) >= 11 is 0. The summed E-state index contributed by atoms with van der Waals surface area (Å²) in [6.07, 6.45) is 0.301. The number of nitrogens with zero attached hydrogens (tertiary/aromatic N) is 1. The van der Waals surface area contributed by atoms with Gasteiger partial charge in [-0.05, 0) is 45.5 Å². The van der Waals surface area contributed by atoms with Crippen molar-refractivity contribution in [1.82, 2.24) is 4.90 Å². The van der Waals surface area contributed by atoms with Gasteiger partial charge in [0.2, 0.25) is 0 Å². The van der Waals surface area contributed by atoms with Gasteiger partial charge in [0.1, 0.15) is 0 Å². The van der Waals surface area contributed by atoms with E-state index in [2.05, 4.69) is 44.9 Å². The van der Waals surface area contributed by atoms with Gasteiger partial charge in [-0.1, -0.05) is 12.1 Å². The maximum Gasteiger partial charge on any atom is 0.0597 e. The number of hydrogen-bond donors (Lipinski definition) is 1. The fourth-order valence-corrected chi connectivity index (χ4v) is 1.66. The number of nitrogen functional groups attached to an aromatic ring is 1. The Morgan fingerprint density at radius 1 is 1.18 bits per heavy atom. The smallest absolute Gasteiger partial charge is 0.0597 e. The van der Waals surface area contributed by atoms with Gasteiger partial charge >= 0.3 is 0 Å². The molecule has 0 aliphatic heterocycles. The first-order chi connectivity index (χ1) is 8.00. The van der Waals surface area contributed by atoms with Crippen molar-refractivity contribution >= 4 is 5.69 Å². The molecule has 1 unspecified atom stereocenters. The Kier molecular flexibility index (Phi) is 5.45. The van der Waals surface area contributed by atoms with Crippen molar-refractivity contribution in [3.63, 3.8) is 0 Å². The minimum absolute atomic E-state index is 0.301. The number of ether oxygens (including phenoxy) is 1. The molecule has 0 spiro atoms. The lowest BCUT2D eigenvalue weighted by molar-refractivity contribution is 0.0573. The van der Waals surface area contributed by atoms with E-state index in [9.17, 15) is 0 Å². The summed E-state index contributed by atoms with van der Waals surface area (Å²) in [5.41, 5.74) is 7.78. The molecule has 1 aromatic rings. The zero-order chi connectivity index (χ0) is 12.8. The van der Waals surface area contributed by atoms with E-state index in [1.54, 1.807) is 0 Å². The molecule has 0 saturated carbocycles. The van der Waals surface area contributed by atoms with E-state index >= 15 is 0 Å². The Labute approximate surface area is 105 Å². The van der Waals surface area contributed by atoms with Crippen molar-refractivity contribution in [2.45, 2.75) is 32.9 Å². The lowest BCUT2D eigenvalue weighted by atomic mass is 10.1. The molecular formula is C14H24N2O. The normalized spacial score (nSPS) is 13.3. The Morgan fingerprint density at radius 2 is 1.76 bits per heavy atom. The summed E-state index contributed by atoms with van der Waals surface area (Å²) in [6.45, 7) is 8.02. The van der Waals surface area contributed by atoms with Gasteiger partial charge < -0.3 is 10.5 Å². The molecule has 0 heterocycles. The highest BCUT2D eigenvalue weighted by Crippen LogP contribution is 2.19. The first-order valence-corrected chi connectivity index (χ1v) is 6.18. The zero-order valence-electron chi connectivity index (χ0n) is 11.3. The molecule has 3 nitrogen and oxygen atoms in total.